The molecule has 0 aliphatic carbocycles. The van der Waals surface area contributed by atoms with Gasteiger partial charge in [-0.05, 0) is 30.3 Å². The summed E-state index contributed by atoms with van der Waals surface area (Å²) in [5, 5.41) is 17.0. The molecule has 2 heterocycles. The SMILES string of the molecule is CC(C)(C)C(=O)Nc1cc(C#N)ccc1COC(=O)N1CC2CN(C(=O)c3ccc(S(N)(=O)=O)c(F)c3)CC2C1. The molecule has 40 heavy (non-hydrogen) atoms. The monoisotopic (exact) mass is 571 g/mol. The summed E-state index contributed by atoms with van der Waals surface area (Å²) < 4.78 is 42.6. The molecular weight excluding hydrogens is 541 g/mol. The number of ether oxygens (including phenoxy) is 1. The zero-order valence-electron chi connectivity index (χ0n) is 22.3. The molecule has 2 unspecified atom stereocenters. The van der Waals surface area contributed by atoms with Crippen molar-refractivity contribution < 1.29 is 31.9 Å². The molecule has 0 saturated carbocycles. The number of fused-ring (bicyclic) bond motifs is 1. The van der Waals surface area contributed by atoms with Gasteiger partial charge in [-0.25, -0.2) is 22.7 Å². The number of carbonyl (C=O) groups is 3. The molecule has 2 aliphatic rings. The first-order chi connectivity index (χ1) is 18.7. The van der Waals surface area contributed by atoms with Gasteiger partial charge < -0.3 is 19.9 Å². The lowest BCUT2D eigenvalue weighted by Gasteiger charge is -2.22. The molecule has 0 radical (unpaired) electrons. The van der Waals surface area contributed by atoms with Gasteiger partial charge in [0.2, 0.25) is 15.9 Å². The molecule has 0 aromatic heterocycles. The molecule has 3 amide bonds. The molecule has 2 aromatic rings. The van der Waals surface area contributed by atoms with Crippen LogP contribution in [0.25, 0.3) is 0 Å². The highest BCUT2D eigenvalue weighted by atomic mass is 32.2. The van der Waals surface area contributed by atoms with Crippen LogP contribution in [0.15, 0.2) is 41.3 Å². The number of halogens is 1. The van der Waals surface area contributed by atoms with E-state index in [1.165, 1.54) is 12.1 Å². The van der Waals surface area contributed by atoms with E-state index in [-0.39, 0.29) is 29.9 Å². The average Bonchev–Trinajstić information content (AvgIpc) is 3.45. The van der Waals surface area contributed by atoms with E-state index < -0.39 is 38.2 Å². The number of hydrogen-bond donors (Lipinski definition) is 2. The van der Waals surface area contributed by atoms with E-state index in [1.54, 1.807) is 42.7 Å². The average molecular weight is 572 g/mol. The van der Waals surface area contributed by atoms with Crippen LogP contribution in [0.5, 0.6) is 0 Å². The van der Waals surface area contributed by atoms with Crippen molar-refractivity contribution in [3.05, 3.63) is 58.9 Å². The molecule has 13 heteroatoms. The summed E-state index contributed by atoms with van der Waals surface area (Å²) in [6.45, 7) is 6.61. The molecule has 11 nitrogen and oxygen atoms in total. The molecule has 0 bridgehead atoms. The quantitative estimate of drug-likeness (QED) is 0.557. The normalized spacial score (nSPS) is 18.7. The maximum absolute atomic E-state index is 14.2. The Morgan fingerprint density at radius 3 is 2.25 bits per heavy atom. The van der Waals surface area contributed by atoms with Crippen LogP contribution >= 0.6 is 0 Å². The highest BCUT2D eigenvalue weighted by molar-refractivity contribution is 7.89. The summed E-state index contributed by atoms with van der Waals surface area (Å²) in [5.41, 5.74) is 0.642. The third-order valence-electron chi connectivity index (χ3n) is 7.04. The zero-order chi connectivity index (χ0) is 29.4. The van der Waals surface area contributed by atoms with E-state index in [0.29, 0.717) is 43.0 Å². The van der Waals surface area contributed by atoms with Crippen molar-refractivity contribution in [3.63, 3.8) is 0 Å². The van der Waals surface area contributed by atoms with Crippen molar-refractivity contribution in [3.8, 4) is 6.07 Å². The second-order valence-electron chi connectivity index (χ2n) is 11.1. The van der Waals surface area contributed by atoms with Gasteiger partial charge in [0.25, 0.3) is 5.91 Å². The van der Waals surface area contributed by atoms with Gasteiger partial charge >= 0.3 is 6.09 Å². The number of nitrogens with one attached hydrogen (secondary N) is 1. The first-order valence-corrected chi connectivity index (χ1v) is 14.1. The van der Waals surface area contributed by atoms with Gasteiger partial charge in [-0.2, -0.15) is 5.26 Å². The first kappa shape index (κ1) is 29.0. The van der Waals surface area contributed by atoms with Crippen LogP contribution < -0.4 is 10.5 Å². The Hall–Kier alpha value is -4.02. The number of nitriles is 1. The summed E-state index contributed by atoms with van der Waals surface area (Å²) in [6, 6.07) is 9.83. The number of nitrogens with zero attached hydrogens (tertiary/aromatic N) is 3. The third kappa shape index (κ3) is 6.24. The number of likely N-dealkylation sites (tertiary alicyclic amines) is 2. The van der Waals surface area contributed by atoms with Crippen molar-refractivity contribution in [2.24, 2.45) is 22.4 Å². The van der Waals surface area contributed by atoms with Crippen LogP contribution in [-0.4, -0.2) is 62.3 Å². The molecule has 2 fully saturated rings. The Labute approximate surface area is 231 Å². The topological polar surface area (TPSA) is 163 Å². The Morgan fingerprint density at radius 1 is 1.07 bits per heavy atom. The first-order valence-electron chi connectivity index (χ1n) is 12.5. The van der Waals surface area contributed by atoms with Gasteiger partial charge in [0.1, 0.15) is 17.3 Å². The fourth-order valence-electron chi connectivity index (χ4n) is 4.78. The maximum atomic E-state index is 14.2. The highest BCUT2D eigenvalue weighted by Gasteiger charge is 2.43. The minimum absolute atomic E-state index is 0.00147. The number of anilines is 1. The standard InChI is InChI=1S/C27H30FN5O6S/c1-27(2,3)25(35)31-22-8-16(10-29)4-5-18(22)15-39-26(36)33-13-19-11-32(12-20(19)14-33)24(34)17-6-7-23(21(28)9-17)40(30,37)38/h4-9,19-20H,11-15H2,1-3H3,(H,31,35)(H2,30,37,38). The molecule has 3 N–H and O–H groups in total. The molecule has 212 valence electrons. The molecule has 0 spiro atoms. The van der Waals surface area contributed by atoms with E-state index in [1.807, 2.05) is 6.07 Å². The lowest BCUT2D eigenvalue weighted by molar-refractivity contribution is -0.123. The largest absolute Gasteiger partial charge is 0.444 e. The van der Waals surface area contributed by atoms with Gasteiger partial charge in [-0.3, -0.25) is 9.59 Å². The summed E-state index contributed by atoms with van der Waals surface area (Å²) in [4.78, 5) is 40.7. The number of primary sulfonamides is 1. The molecule has 2 saturated heterocycles. The van der Waals surface area contributed by atoms with E-state index in [4.69, 9.17) is 9.88 Å². The molecule has 2 aromatic carbocycles. The molecule has 2 aliphatic heterocycles. The minimum Gasteiger partial charge on any atom is -0.444 e. The van der Waals surface area contributed by atoms with E-state index in [0.717, 1.165) is 12.1 Å². The molecule has 2 atom stereocenters. The number of sulfonamides is 1. The van der Waals surface area contributed by atoms with Crippen molar-refractivity contribution in [1.82, 2.24) is 9.80 Å². The van der Waals surface area contributed by atoms with Crippen molar-refractivity contribution in [1.29, 1.82) is 5.26 Å². The second-order valence-corrected chi connectivity index (χ2v) is 12.6. The fourth-order valence-corrected chi connectivity index (χ4v) is 5.37. The highest BCUT2D eigenvalue weighted by Crippen LogP contribution is 2.33. The smallest absolute Gasteiger partial charge is 0.410 e. The predicted octanol–water partition coefficient (Wildman–Crippen LogP) is 2.67. The van der Waals surface area contributed by atoms with E-state index >= 15 is 0 Å². The summed E-state index contributed by atoms with van der Waals surface area (Å²) in [7, 11) is -4.24. The van der Waals surface area contributed by atoms with Gasteiger partial charge in [0, 0.05) is 60.2 Å². The van der Waals surface area contributed by atoms with Crippen LogP contribution in [0, 0.1) is 34.4 Å². The van der Waals surface area contributed by atoms with Crippen molar-refractivity contribution in [2.75, 3.05) is 31.5 Å². The summed E-state index contributed by atoms with van der Waals surface area (Å²) in [6.07, 6.45) is -0.537. The fraction of sp³-hybridized carbons (Fsp3) is 0.407. The van der Waals surface area contributed by atoms with Crippen LogP contribution in [0.4, 0.5) is 14.9 Å². The Morgan fingerprint density at radius 2 is 1.70 bits per heavy atom. The van der Waals surface area contributed by atoms with Crippen LogP contribution in [0.3, 0.4) is 0 Å². The van der Waals surface area contributed by atoms with Gasteiger partial charge in [-0.15, -0.1) is 0 Å². The Kier molecular flexibility index (Phi) is 7.87. The summed E-state index contributed by atoms with van der Waals surface area (Å²) >= 11 is 0. The van der Waals surface area contributed by atoms with Crippen LogP contribution in [0.1, 0.15) is 42.3 Å². The minimum atomic E-state index is -4.24. The third-order valence-corrected chi connectivity index (χ3v) is 7.98. The number of hydrogen-bond acceptors (Lipinski definition) is 7. The number of rotatable bonds is 5. The number of nitrogens with two attached hydrogens (primary N) is 1. The summed E-state index contributed by atoms with van der Waals surface area (Å²) in [5.74, 6) is -1.77. The molecule has 4 rings (SSSR count). The lowest BCUT2D eigenvalue weighted by Crippen LogP contribution is -2.36. The number of carbonyl (C=O) groups excluding carboxylic acids is 3. The van der Waals surface area contributed by atoms with E-state index in [9.17, 15) is 32.5 Å². The lowest BCUT2D eigenvalue weighted by atomic mass is 9.95. The predicted molar refractivity (Wildman–Crippen MR) is 142 cm³/mol. The zero-order valence-corrected chi connectivity index (χ0v) is 23.1. The number of benzene rings is 2. The van der Waals surface area contributed by atoms with Crippen LogP contribution in [-0.2, 0) is 26.2 Å². The van der Waals surface area contributed by atoms with Gasteiger partial charge in [0.05, 0.1) is 11.6 Å². The van der Waals surface area contributed by atoms with E-state index in [2.05, 4.69) is 5.32 Å². The van der Waals surface area contributed by atoms with Crippen molar-refractivity contribution in [2.45, 2.75) is 32.3 Å². The Bertz CT molecular complexity index is 1500. The second kappa shape index (κ2) is 10.9. The Balaban J connectivity index is 1.35. The number of amides is 3. The molecular formula is C27H30FN5O6S. The van der Waals surface area contributed by atoms with Gasteiger partial charge in [0.15, 0.2) is 0 Å². The van der Waals surface area contributed by atoms with Crippen molar-refractivity contribution >= 4 is 33.6 Å². The maximum Gasteiger partial charge on any atom is 0.410 e. The van der Waals surface area contributed by atoms with Gasteiger partial charge in [-0.1, -0.05) is 26.8 Å². The van der Waals surface area contributed by atoms with Crippen LogP contribution in [0.2, 0.25) is 0 Å².